The molecule has 0 amide bonds. The molecule has 1 rings (SSSR count). The maximum atomic E-state index is 11.7. The summed E-state index contributed by atoms with van der Waals surface area (Å²) < 4.78 is 52.1. The van der Waals surface area contributed by atoms with E-state index in [1.165, 1.54) is 25.3 Å². The Labute approximate surface area is 125 Å². The van der Waals surface area contributed by atoms with E-state index in [1.54, 1.807) is 0 Å². The molecular formula is C10H17ClN2O5S2. The van der Waals surface area contributed by atoms with Crippen molar-refractivity contribution in [2.75, 3.05) is 23.3 Å². The lowest BCUT2D eigenvalue weighted by Gasteiger charge is -2.22. The van der Waals surface area contributed by atoms with Crippen LogP contribution in [0, 0.1) is 0 Å². The summed E-state index contributed by atoms with van der Waals surface area (Å²) in [6, 6.07) is 4.32. The van der Waals surface area contributed by atoms with Crippen LogP contribution in [0.5, 0.6) is 5.75 Å². The van der Waals surface area contributed by atoms with Gasteiger partial charge in [-0.15, -0.1) is 12.4 Å². The number of hydrogen-bond donors (Lipinski definition) is 1. The third-order valence-corrected chi connectivity index (χ3v) is 5.53. The average molecular weight is 345 g/mol. The van der Waals surface area contributed by atoms with E-state index in [0.29, 0.717) is 15.0 Å². The van der Waals surface area contributed by atoms with Crippen LogP contribution >= 0.6 is 12.4 Å². The van der Waals surface area contributed by atoms with Crippen LogP contribution in [0.25, 0.3) is 0 Å². The van der Waals surface area contributed by atoms with Crippen molar-refractivity contribution in [3.63, 3.8) is 0 Å². The first-order valence-corrected chi connectivity index (χ1v) is 8.88. The van der Waals surface area contributed by atoms with Gasteiger partial charge in [-0.3, -0.25) is 0 Å². The molecule has 1 aromatic carbocycles. The number of rotatable bonds is 5. The third kappa shape index (κ3) is 4.23. The molecule has 0 atom stereocenters. The highest BCUT2D eigenvalue weighted by atomic mass is 35.5. The molecule has 0 aliphatic carbocycles. The van der Waals surface area contributed by atoms with Crippen molar-refractivity contribution in [1.82, 2.24) is 0 Å². The van der Waals surface area contributed by atoms with Crippen LogP contribution in [0.4, 0.5) is 5.69 Å². The molecule has 0 aromatic heterocycles. The van der Waals surface area contributed by atoms with Crippen LogP contribution in [0.3, 0.4) is 0 Å². The van der Waals surface area contributed by atoms with Gasteiger partial charge in [0.1, 0.15) is 5.75 Å². The second-order valence-corrected chi connectivity index (χ2v) is 7.82. The Balaban J connectivity index is 0.00000361. The largest absolute Gasteiger partial charge is 0.497 e. The third-order valence-electron chi connectivity index (χ3n) is 2.31. The van der Waals surface area contributed by atoms with E-state index in [9.17, 15) is 16.8 Å². The van der Waals surface area contributed by atoms with Crippen LogP contribution in [0.15, 0.2) is 18.2 Å². The summed E-state index contributed by atoms with van der Waals surface area (Å²) in [7, 11) is -6.51. The van der Waals surface area contributed by atoms with Crippen molar-refractivity contribution in [3.8, 4) is 5.75 Å². The van der Waals surface area contributed by atoms with Gasteiger partial charge >= 0.3 is 0 Å². The maximum absolute atomic E-state index is 11.7. The first-order chi connectivity index (χ1) is 8.61. The van der Waals surface area contributed by atoms with Gasteiger partial charge in [-0.2, -0.15) is 3.71 Å². The summed E-state index contributed by atoms with van der Waals surface area (Å²) in [6.07, 6.45) is 1.64. The fourth-order valence-corrected chi connectivity index (χ4v) is 4.67. The lowest BCUT2D eigenvalue weighted by Crippen LogP contribution is -2.36. The Morgan fingerprint density at radius 2 is 1.65 bits per heavy atom. The molecule has 0 aliphatic rings. The average Bonchev–Trinajstić information content (AvgIpc) is 2.25. The summed E-state index contributed by atoms with van der Waals surface area (Å²) in [4.78, 5) is 0. The molecule has 0 fully saturated rings. The Morgan fingerprint density at radius 3 is 2.00 bits per heavy atom. The number of nitrogens with two attached hydrogens (primary N) is 1. The van der Waals surface area contributed by atoms with Gasteiger partial charge in [0.2, 0.25) is 20.0 Å². The second-order valence-electron chi connectivity index (χ2n) is 3.92. The van der Waals surface area contributed by atoms with Gasteiger partial charge < -0.3 is 10.5 Å². The van der Waals surface area contributed by atoms with Gasteiger partial charge in [0, 0.05) is 6.54 Å². The Kier molecular flexibility index (Phi) is 6.27. The lowest BCUT2D eigenvalue weighted by atomic mass is 10.2. The normalized spacial score (nSPS) is 11.6. The topological polar surface area (TPSA) is 107 Å². The zero-order valence-electron chi connectivity index (χ0n) is 11.2. The standard InChI is InChI=1S/C10H16N2O5S2.ClH/c1-17-9-4-5-10(8(6-9)7-11)12(18(2,13)14)19(3,15)16;/h4-6H,7,11H2,1-3H3;1H. The molecule has 10 heteroatoms. The molecular weight excluding hydrogens is 328 g/mol. The highest BCUT2D eigenvalue weighted by molar-refractivity contribution is 8.09. The summed E-state index contributed by atoms with van der Waals surface area (Å²) >= 11 is 0. The fourth-order valence-electron chi connectivity index (χ4n) is 1.63. The molecule has 116 valence electrons. The zero-order chi connectivity index (χ0) is 14.8. The molecule has 0 saturated heterocycles. The minimum atomic E-state index is -3.98. The van der Waals surface area contributed by atoms with Crippen molar-refractivity contribution in [3.05, 3.63) is 23.8 Å². The minimum Gasteiger partial charge on any atom is -0.497 e. The van der Waals surface area contributed by atoms with E-state index in [0.717, 1.165) is 12.5 Å². The number of sulfonamides is 2. The fraction of sp³-hybridized carbons (Fsp3) is 0.400. The predicted octanol–water partition coefficient (Wildman–Crippen LogP) is 0.301. The maximum Gasteiger partial charge on any atom is 0.245 e. The Bertz CT molecular complexity index is 641. The van der Waals surface area contributed by atoms with Crippen molar-refractivity contribution in [2.24, 2.45) is 5.73 Å². The summed E-state index contributed by atoms with van der Waals surface area (Å²) in [5.74, 6) is 0.464. The highest BCUT2D eigenvalue weighted by Gasteiger charge is 2.29. The molecule has 7 nitrogen and oxygen atoms in total. The SMILES string of the molecule is COc1ccc(N(S(C)(=O)=O)S(C)(=O)=O)c(CN)c1.Cl. The van der Waals surface area contributed by atoms with E-state index in [2.05, 4.69) is 0 Å². The lowest BCUT2D eigenvalue weighted by molar-refractivity contribution is 0.414. The molecule has 0 radical (unpaired) electrons. The highest BCUT2D eigenvalue weighted by Crippen LogP contribution is 2.28. The second kappa shape index (κ2) is 6.61. The van der Waals surface area contributed by atoms with E-state index in [1.807, 2.05) is 0 Å². The molecule has 0 bridgehead atoms. The van der Waals surface area contributed by atoms with Gasteiger partial charge in [-0.1, -0.05) is 0 Å². The van der Waals surface area contributed by atoms with Crippen LogP contribution < -0.4 is 14.2 Å². The number of benzene rings is 1. The monoisotopic (exact) mass is 344 g/mol. The molecule has 0 heterocycles. The zero-order valence-corrected chi connectivity index (χ0v) is 13.7. The molecule has 1 aromatic rings. The first-order valence-electron chi connectivity index (χ1n) is 5.18. The van der Waals surface area contributed by atoms with E-state index < -0.39 is 20.0 Å². The number of halogens is 1. The quantitative estimate of drug-likeness (QED) is 0.823. The van der Waals surface area contributed by atoms with E-state index in [4.69, 9.17) is 10.5 Å². The number of hydrogen-bond acceptors (Lipinski definition) is 6. The molecule has 20 heavy (non-hydrogen) atoms. The predicted molar refractivity (Wildman–Crippen MR) is 80.3 cm³/mol. The van der Waals surface area contributed by atoms with E-state index >= 15 is 0 Å². The van der Waals surface area contributed by atoms with E-state index in [-0.39, 0.29) is 24.6 Å². The number of ether oxygens (including phenoxy) is 1. The van der Waals surface area contributed by atoms with Gasteiger partial charge in [-0.25, -0.2) is 16.8 Å². The van der Waals surface area contributed by atoms with Crippen LogP contribution in [-0.4, -0.2) is 36.5 Å². The van der Waals surface area contributed by atoms with Crippen molar-refractivity contribution in [1.29, 1.82) is 0 Å². The van der Waals surface area contributed by atoms with Gasteiger partial charge in [0.25, 0.3) is 0 Å². The van der Waals surface area contributed by atoms with Crippen LogP contribution in [0.2, 0.25) is 0 Å². The minimum absolute atomic E-state index is 0. The summed E-state index contributed by atoms with van der Waals surface area (Å²) in [5, 5.41) is 0. The molecule has 0 aliphatic heterocycles. The van der Waals surface area contributed by atoms with Crippen molar-refractivity contribution in [2.45, 2.75) is 6.54 Å². The van der Waals surface area contributed by atoms with Gasteiger partial charge in [-0.05, 0) is 23.8 Å². The van der Waals surface area contributed by atoms with Gasteiger partial charge in [0.05, 0.1) is 25.3 Å². The summed E-state index contributed by atoms with van der Waals surface area (Å²) in [6.45, 7) is -0.0198. The molecule has 2 N–H and O–H groups in total. The summed E-state index contributed by atoms with van der Waals surface area (Å²) in [5.41, 5.74) is 5.89. The Morgan fingerprint density at radius 1 is 1.15 bits per heavy atom. The number of methoxy groups -OCH3 is 1. The Hall–Kier alpha value is -1.03. The smallest absolute Gasteiger partial charge is 0.245 e. The number of anilines is 1. The molecule has 0 spiro atoms. The first kappa shape index (κ1) is 19.0. The molecule has 0 unspecified atom stereocenters. The van der Waals surface area contributed by atoms with Crippen molar-refractivity contribution < 1.29 is 21.6 Å². The van der Waals surface area contributed by atoms with Crippen LogP contribution in [-0.2, 0) is 26.6 Å². The van der Waals surface area contributed by atoms with Crippen LogP contribution in [0.1, 0.15) is 5.56 Å². The van der Waals surface area contributed by atoms with Crippen molar-refractivity contribution >= 4 is 38.1 Å². The number of nitrogens with zero attached hydrogens (tertiary/aromatic N) is 1. The molecule has 0 saturated carbocycles. The van der Waals surface area contributed by atoms with Gasteiger partial charge in [0.15, 0.2) is 0 Å².